The smallest absolute Gasteiger partial charge is 0.266 e. The van der Waals surface area contributed by atoms with Gasteiger partial charge in [-0.15, -0.1) is 0 Å². The lowest BCUT2D eigenvalue weighted by molar-refractivity contribution is -0.112. The van der Waals surface area contributed by atoms with Gasteiger partial charge < -0.3 is 14.8 Å². The maximum Gasteiger partial charge on any atom is 0.266 e. The van der Waals surface area contributed by atoms with Crippen molar-refractivity contribution < 1.29 is 18.7 Å². The molecule has 3 aromatic carbocycles. The summed E-state index contributed by atoms with van der Waals surface area (Å²) in [7, 11) is 1.45. The van der Waals surface area contributed by atoms with Crippen LogP contribution >= 0.6 is 39.1 Å². The Morgan fingerprint density at radius 3 is 2.61 bits per heavy atom. The summed E-state index contributed by atoms with van der Waals surface area (Å²) in [5, 5.41) is 12.7. The molecule has 0 fully saturated rings. The molecule has 3 aromatic rings. The standard InChI is InChI=1S/C24H16BrCl2FN2O3/c1-32-22-10-14(9-18(25)23(22)33-13-15-4-2-3-5-21(15)28)8-16(12-29)24(31)30-17-6-7-19(26)20(27)11-17/h2-11H,13H2,1H3,(H,30,31)/b16-8+. The van der Waals surface area contributed by atoms with Crippen LogP contribution in [0.15, 0.2) is 64.6 Å². The van der Waals surface area contributed by atoms with E-state index in [4.69, 9.17) is 32.7 Å². The first-order valence-electron chi connectivity index (χ1n) is 9.44. The van der Waals surface area contributed by atoms with Crippen molar-refractivity contribution in [3.05, 3.63) is 91.6 Å². The van der Waals surface area contributed by atoms with Gasteiger partial charge in [0.05, 0.1) is 21.6 Å². The molecule has 0 radical (unpaired) electrons. The van der Waals surface area contributed by atoms with Crippen LogP contribution < -0.4 is 14.8 Å². The maximum atomic E-state index is 13.9. The second-order valence-electron chi connectivity index (χ2n) is 6.67. The second kappa shape index (κ2) is 11.2. The number of carbonyl (C=O) groups excluding carboxylic acids is 1. The molecule has 0 saturated carbocycles. The molecular weight excluding hydrogens is 534 g/mol. The number of carbonyl (C=O) groups is 1. The molecule has 1 N–H and O–H groups in total. The van der Waals surface area contributed by atoms with Crippen LogP contribution in [0.3, 0.4) is 0 Å². The molecule has 0 aliphatic carbocycles. The Bertz CT molecular complexity index is 1280. The van der Waals surface area contributed by atoms with Crippen LogP contribution in [0.5, 0.6) is 11.5 Å². The molecule has 3 rings (SSSR count). The number of hydrogen-bond donors (Lipinski definition) is 1. The zero-order valence-electron chi connectivity index (χ0n) is 17.2. The summed E-state index contributed by atoms with van der Waals surface area (Å²) in [5.41, 5.74) is 1.15. The fourth-order valence-electron chi connectivity index (χ4n) is 2.82. The number of hydrogen-bond acceptors (Lipinski definition) is 4. The number of nitrogens with zero attached hydrogens (tertiary/aromatic N) is 1. The molecule has 0 aliphatic heterocycles. The molecule has 33 heavy (non-hydrogen) atoms. The number of benzene rings is 3. The van der Waals surface area contributed by atoms with Crippen LogP contribution in [0.25, 0.3) is 6.08 Å². The van der Waals surface area contributed by atoms with Crippen LogP contribution in [0, 0.1) is 17.1 Å². The van der Waals surface area contributed by atoms with Crippen molar-refractivity contribution in [3.63, 3.8) is 0 Å². The highest BCUT2D eigenvalue weighted by Crippen LogP contribution is 2.38. The third kappa shape index (κ3) is 6.26. The predicted octanol–water partition coefficient (Wildman–Crippen LogP) is 7.03. The molecule has 9 heteroatoms. The van der Waals surface area contributed by atoms with Gasteiger partial charge in [-0.3, -0.25) is 4.79 Å². The number of ether oxygens (including phenoxy) is 2. The Labute approximate surface area is 208 Å². The van der Waals surface area contributed by atoms with E-state index in [-0.39, 0.29) is 23.0 Å². The van der Waals surface area contributed by atoms with Crippen molar-refractivity contribution in [2.24, 2.45) is 0 Å². The van der Waals surface area contributed by atoms with Gasteiger partial charge in [0, 0.05) is 11.3 Å². The third-order valence-electron chi connectivity index (χ3n) is 4.44. The topological polar surface area (TPSA) is 71.3 Å². The van der Waals surface area contributed by atoms with E-state index < -0.39 is 5.91 Å². The molecule has 1 amide bonds. The zero-order valence-corrected chi connectivity index (χ0v) is 20.3. The highest BCUT2D eigenvalue weighted by molar-refractivity contribution is 9.10. The summed E-state index contributed by atoms with van der Waals surface area (Å²) >= 11 is 15.3. The van der Waals surface area contributed by atoms with E-state index >= 15 is 0 Å². The predicted molar refractivity (Wildman–Crippen MR) is 130 cm³/mol. The molecular formula is C24H16BrCl2FN2O3. The van der Waals surface area contributed by atoms with Gasteiger partial charge in [0.1, 0.15) is 24.1 Å². The Kier molecular flexibility index (Phi) is 8.34. The maximum absolute atomic E-state index is 13.9. The highest BCUT2D eigenvalue weighted by Gasteiger charge is 2.15. The number of anilines is 1. The average molecular weight is 550 g/mol. The summed E-state index contributed by atoms with van der Waals surface area (Å²) in [4.78, 5) is 12.6. The summed E-state index contributed by atoms with van der Waals surface area (Å²) in [6.07, 6.45) is 1.40. The quantitative estimate of drug-likeness (QED) is 0.254. The summed E-state index contributed by atoms with van der Waals surface area (Å²) < 4.78 is 25.5. The fourth-order valence-corrected chi connectivity index (χ4v) is 3.69. The molecule has 0 bridgehead atoms. The van der Waals surface area contributed by atoms with Crippen molar-refractivity contribution in [3.8, 4) is 17.6 Å². The van der Waals surface area contributed by atoms with Gasteiger partial charge in [0.2, 0.25) is 0 Å². The number of halogens is 4. The monoisotopic (exact) mass is 548 g/mol. The lowest BCUT2D eigenvalue weighted by Gasteiger charge is -2.14. The molecule has 0 aliphatic rings. The van der Waals surface area contributed by atoms with E-state index in [1.807, 2.05) is 6.07 Å². The number of nitriles is 1. The zero-order chi connectivity index (χ0) is 24.0. The third-order valence-corrected chi connectivity index (χ3v) is 5.76. The Hall–Kier alpha value is -3.05. The van der Waals surface area contributed by atoms with Crippen LogP contribution in [-0.2, 0) is 11.4 Å². The van der Waals surface area contributed by atoms with Crippen LogP contribution in [-0.4, -0.2) is 13.0 Å². The van der Waals surface area contributed by atoms with Crippen molar-refractivity contribution >= 4 is 56.8 Å². The van der Waals surface area contributed by atoms with Gasteiger partial charge in [0.15, 0.2) is 11.5 Å². The Morgan fingerprint density at radius 1 is 1.18 bits per heavy atom. The molecule has 0 unspecified atom stereocenters. The lowest BCUT2D eigenvalue weighted by Crippen LogP contribution is -2.13. The lowest BCUT2D eigenvalue weighted by atomic mass is 10.1. The average Bonchev–Trinajstić information content (AvgIpc) is 2.79. The van der Waals surface area contributed by atoms with Gasteiger partial charge >= 0.3 is 0 Å². The van der Waals surface area contributed by atoms with Crippen LogP contribution in [0.1, 0.15) is 11.1 Å². The Balaban J connectivity index is 1.83. The van der Waals surface area contributed by atoms with Crippen molar-refractivity contribution in [1.29, 1.82) is 5.26 Å². The molecule has 168 valence electrons. The summed E-state index contributed by atoms with van der Waals surface area (Å²) in [6, 6.07) is 16.0. The largest absolute Gasteiger partial charge is 0.493 e. The molecule has 0 atom stereocenters. The molecule has 0 aromatic heterocycles. The minimum Gasteiger partial charge on any atom is -0.493 e. The normalized spacial score (nSPS) is 11.0. The van der Waals surface area contributed by atoms with E-state index in [9.17, 15) is 14.4 Å². The fraction of sp³-hybridized carbons (Fsp3) is 0.0833. The summed E-state index contributed by atoms with van der Waals surface area (Å²) in [6.45, 7) is -0.00762. The molecule has 0 heterocycles. The first-order chi connectivity index (χ1) is 15.8. The van der Waals surface area contributed by atoms with Gasteiger partial charge in [-0.25, -0.2) is 4.39 Å². The molecule has 0 spiro atoms. The van der Waals surface area contributed by atoms with Crippen molar-refractivity contribution in [1.82, 2.24) is 0 Å². The minimum atomic E-state index is -0.620. The van der Waals surface area contributed by atoms with Crippen LogP contribution in [0.2, 0.25) is 10.0 Å². The highest BCUT2D eigenvalue weighted by atomic mass is 79.9. The number of amides is 1. The first-order valence-corrected chi connectivity index (χ1v) is 11.0. The van der Waals surface area contributed by atoms with Crippen molar-refractivity contribution in [2.75, 3.05) is 12.4 Å². The number of rotatable bonds is 7. The van der Waals surface area contributed by atoms with E-state index in [1.165, 1.54) is 31.4 Å². The molecule has 5 nitrogen and oxygen atoms in total. The SMILES string of the molecule is COc1cc(/C=C(\C#N)C(=O)Nc2ccc(Cl)c(Cl)c2)cc(Br)c1OCc1ccccc1F. The van der Waals surface area contributed by atoms with E-state index in [0.29, 0.717) is 37.8 Å². The van der Waals surface area contributed by atoms with E-state index in [1.54, 1.807) is 36.4 Å². The van der Waals surface area contributed by atoms with Gasteiger partial charge in [0.25, 0.3) is 5.91 Å². The van der Waals surface area contributed by atoms with E-state index in [0.717, 1.165) is 0 Å². The van der Waals surface area contributed by atoms with E-state index in [2.05, 4.69) is 21.2 Å². The second-order valence-corrected chi connectivity index (χ2v) is 8.34. The van der Waals surface area contributed by atoms with Crippen molar-refractivity contribution in [2.45, 2.75) is 6.61 Å². The molecule has 0 saturated heterocycles. The Morgan fingerprint density at radius 2 is 1.94 bits per heavy atom. The number of nitrogens with one attached hydrogen (secondary N) is 1. The first kappa shape index (κ1) is 24.6. The van der Waals surface area contributed by atoms with Gasteiger partial charge in [-0.1, -0.05) is 41.4 Å². The van der Waals surface area contributed by atoms with Crippen LogP contribution in [0.4, 0.5) is 10.1 Å². The van der Waals surface area contributed by atoms with Gasteiger partial charge in [-0.2, -0.15) is 5.26 Å². The van der Waals surface area contributed by atoms with Gasteiger partial charge in [-0.05, 0) is 64.0 Å². The number of methoxy groups -OCH3 is 1. The summed E-state index contributed by atoms with van der Waals surface area (Å²) in [5.74, 6) is -0.296. The minimum absolute atomic E-state index is 0.00762.